The van der Waals surface area contributed by atoms with Gasteiger partial charge in [0.1, 0.15) is 0 Å². The smallest absolute Gasteiger partial charge is 0.320 e. The maximum absolute atomic E-state index is 12.0. The number of rotatable bonds is 8. The zero-order valence-electron chi connectivity index (χ0n) is 12.8. The Hall–Kier alpha value is -1.10. The van der Waals surface area contributed by atoms with Gasteiger partial charge in [-0.2, -0.15) is 0 Å². The van der Waals surface area contributed by atoms with Gasteiger partial charge in [-0.25, -0.2) is 0 Å². The zero-order chi connectivity index (χ0) is 14.8. The highest BCUT2D eigenvalue weighted by Crippen LogP contribution is 2.17. The molecule has 1 fully saturated rings. The van der Waals surface area contributed by atoms with Gasteiger partial charge in [-0.1, -0.05) is 26.2 Å². The fourth-order valence-electron chi connectivity index (χ4n) is 2.64. The lowest BCUT2D eigenvalue weighted by atomic mass is 9.95. The van der Waals surface area contributed by atoms with Gasteiger partial charge < -0.3 is 10.1 Å². The van der Waals surface area contributed by atoms with Crippen LogP contribution in [0.4, 0.5) is 0 Å². The Bertz CT molecular complexity index is 301. The zero-order valence-corrected chi connectivity index (χ0v) is 12.8. The van der Waals surface area contributed by atoms with Crippen molar-refractivity contribution in [3.63, 3.8) is 0 Å². The van der Waals surface area contributed by atoms with E-state index in [4.69, 9.17) is 4.74 Å². The SMILES string of the molecule is CCCN(CC(=O)NC1CCCCC1)CC(=O)OCC. The third-order valence-corrected chi connectivity index (χ3v) is 3.54. The van der Waals surface area contributed by atoms with Gasteiger partial charge in [0, 0.05) is 6.04 Å². The summed E-state index contributed by atoms with van der Waals surface area (Å²) in [4.78, 5) is 25.4. The van der Waals surface area contributed by atoms with Crippen molar-refractivity contribution in [1.29, 1.82) is 0 Å². The van der Waals surface area contributed by atoms with E-state index < -0.39 is 0 Å². The molecule has 0 aromatic heterocycles. The molecule has 20 heavy (non-hydrogen) atoms. The molecule has 116 valence electrons. The Morgan fingerprint density at radius 3 is 2.45 bits per heavy atom. The van der Waals surface area contributed by atoms with E-state index >= 15 is 0 Å². The van der Waals surface area contributed by atoms with Crippen LogP contribution in [0.25, 0.3) is 0 Å². The molecule has 0 heterocycles. The summed E-state index contributed by atoms with van der Waals surface area (Å²) in [5, 5.41) is 3.08. The van der Waals surface area contributed by atoms with Gasteiger partial charge >= 0.3 is 5.97 Å². The molecule has 1 N–H and O–H groups in total. The van der Waals surface area contributed by atoms with Gasteiger partial charge in [0.05, 0.1) is 19.7 Å². The van der Waals surface area contributed by atoms with Gasteiger partial charge in [-0.3, -0.25) is 14.5 Å². The minimum atomic E-state index is -0.258. The van der Waals surface area contributed by atoms with Crippen LogP contribution >= 0.6 is 0 Å². The fourth-order valence-corrected chi connectivity index (χ4v) is 2.64. The van der Waals surface area contributed by atoms with E-state index in [-0.39, 0.29) is 25.0 Å². The lowest BCUT2D eigenvalue weighted by Gasteiger charge is -2.25. The third-order valence-electron chi connectivity index (χ3n) is 3.54. The Labute approximate surface area is 122 Å². The van der Waals surface area contributed by atoms with E-state index in [2.05, 4.69) is 5.32 Å². The minimum Gasteiger partial charge on any atom is -0.465 e. The van der Waals surface area contributed by atoms with Crippen LogP contribution in [0.15, 0.2) is 0 Å². The predicted octanol–water partition coefficient (Wildman–Crippen LogP) is 1.71. The largest absolute Gasteiger partial charge is 0.465 e. The summed E-state index contributed by atoms with van der Waals surface area (Å²) in [6.45, 7) is 5.42. The highest BCUT2D eigenvalue weighted by Gasteiger charge is 2.18. The molecule has 1 aliphatic rings. The standard InChI is InChI=1S/C15H28N2O3/c1-3-10-17(12-15(19)20-4-2)11-14(18)16-13-8-6-5-7-9-13/h13H,3-12H2,1-2H3,(H,16,18). The first kappa shape index (κ1) is 17.0. The van der Waals surface area contributed by atoms with E-state index in [0.717, 1.165) is 25.8 Å². The summed E-state index contributed by atoms with van der Waals surface area (Å²) in [5.74, 6) is -0.235. The van der Waals surface area contributed by atoms with Gasteiger partial charge in [-0.05, 0) is 32.7 Å². The lowest BCUT2D eigenvalue weighted by molar-refractivity contribution is -0.144. The predicted molar refractivity (Wildman–Crippen MR) is 78.4 cm³/mol. The topological polar surface area (TPSA) is 58.6 Å². The Kier molecular flexibility index (Phi) is 8.26. The van der Waals surface area contributed by atoms with Gasteiger partial charge in [-0.15, -0.1) is 0 Å². The number of nitrogens with one attached hydrogen (secondary N) is 1. The highest BCUT2D eigenvalue weighted by molar-refractivity contribution is 5.79. The van der Waals surface area contributed by atoms with Crippen molar-refractivity contribution in [2.45, 2.75) is 58.4 Å². The molecule has 1 saturated carbocycles. The van der Waals surface area contributed by atoms with Crippen molar-refractivity contribution in [1.82, 2.24) is 10.2 Å². The maximum Gasteiger partial charge on any atom is 0.320 e. The van der Waals surface area contributed by atoms with Crippen LogP contribution in [0, 0.1) is 0 Å². The van der Waals surface area contributed by atoms with E-state index in [0.29, 0.717) is 12.6 Å². The molecule has 0 aliphatic heterocycles. The summed E-state index contributed by atoms with van der Waals surface area (Å²) in [7, 11) is 0. The van der Waals surface area contributed by atoms with Crippen molar-refractivity contribution in [3.8, 4) is 0 Å². The van der Waals surface area contributed by atoms with E-state index in [9.17, 15) is 9.59 Å². The molecule has 5 heteroatoms. The van der Waals surface area contributed by atoms with Crippen LogP contribution in [0.5, 0.6) is 0 Å². The first-order valence-electron chi connectivity index (χ1n) is 7.83. The Morgan fingerprint density at radius 2 is 1.85 bits per heavy atom. The number of esters is 1. The van der Waals surface area contributed by atoms with Crippen molar-refractivity contribution in [2.24, 2.45) is 0 Å². The molecule has 0 aromatic rings. The molecule has 1 rings (SSSR count). The van der Waals surface area contributed by atoms with Crippen LogP contribution in [0.3, 0.4) is 0 Å². The summed E-state index contributed by atoms with van der Waals surface area (Å²) in [5.41, 5.74) is 0. The first-order chi connectivity index (χ1) is 9.65. The second-order valence-electron chi connectivity index (χ2n) is 5.42. The fraction of sp³-hybridized carbons (Fsp3) is 0.867. The molecule has 0 spiro atoms. The molecule has 0 aromatic carbocycles. The number of hydrogen-bond acceptors (Lipinski definition) is 4. The summed E-state index contributed by atoms with van der Waals surface area (Å²) in [6, 6.07) is 0.322. The second kappa shape index (κ2) is 9.75. The van der Waals surface area contributed by atoms with Gasteiger partial charge in [0.25, 0.3) is 0 Å². The first-order valence-corrected chi connectivity index (χ1v) is 7.83. The van der Waals surface area contributed by atoms with Crippen LogP contribution in [-0.2, 0) is 14.3 Å². The molecular formula is C15H28N2O3. The van der Waals surface area contributed by atoms with E-state index in [1.807, 2.05) is 11.8 Å². The summed E-state index contributed by atoms with van der Waals surface area (Å²) >= 11 is 0. The quantitative estimate of drug-likeness (QED) is 0.689. The molecular weight excluding hydrogens is 256 g/mol. The molecule has 0 radical (unpaired) electrons. The number of carbonyl (C=O) groups excluding carboxylic acids is 2. The van der Waals surface area contributed by atoms with Crippen molar-refractivity contribution in [3.05, 3.63) is 0 Å². The number of carbonyl (C=O) groups is 2. The van der Waals surface area contributed by atoms with Gasteiger partial charge in [0.15, 0.2) is 0 Å². The average Bonchev–Trinajstić information content (AvgIpc) is 2.40. The monoisotopic (exact) mass is 284 g/mol. The Balaban J connectivity index is 2.34. The number of hydrogen-bond donors (Lipinski definition) is 1. The summed E-state index contributed by atoms with van der Waals surface area (Å²) < 4.78 is 4.94. The second-order valence-corrected chi connectivity index (χ2v) is 5.42. The van der Waals surface area contributed by atoms with Crippen molar-refractivity contribution in [2.75, 3.05) is 26.2 Å². The maximum atomic E-state index is 12.0. The van der Waals surface area contributed by atoms with Crippen LogP contribution in [0.1, 0.15) is 52.4 Å². The van der Waals surface area contributed by atoms with Crippen LogP contribution in [-0.4, -0.2) is 49.1 Å². The highest BCUT2D eigenvalue weighted by atomic mass is 16.5. The minimum absolute atomic E-state index is 0.0228. The van der Waals surface area contributed by atoms with Crippen molar-refractivity contribution < 1.29 is 14.3 Å². The number of amides is 1. The number of ether oxygens (including phenoxy) is 1. The van der Waals surface area contributed by atoms with Crippen molar-refractivity contribution >= 4 is 11.9 Å². The Morgan fingerprint density at radius 1 is 1.15 bits per heavy atom. The molecule has 0 atom stereocenters. The molecule has 1 aliphatic carbocycles. The van der Waals surface area contributed by atoms with E-state index in [1.54, 1.807) is 6.92 Å². The molecule has 5 nitrogen and oxygen atoms in total. The van der Waals surface area contributed by atoms with Gasteiger partial charge in [0.2, 0.25) is 5.91 Å². The van der Waals surface area contributed by atoms with E-state index in [1.165, 1.54) is 19.3 Å². The molecule has 1 amide bonds. The normalized spacial score (nSPS) is 16.1. The molecule has 0 saturated heterocycles. The molecule has 0 unspecified atom stereocenters. The van der Waals surface area contributed by atoms with Crippen LogP contribution < -0.4 is 5.32 Å². The summed E-state index contributed by atoms with van der Waals surface area (Å²) in [6.07, 6.45) is 6.75. The average molecular weight is 284 g/mol. The number of nitrogens with zero attached hydrogens (tertiary/aromatic N) is 1. The molecule has 0 bridgehead atoms. The lowest BCUT2D eigenvalue weighted by Crippen LogP contribution is -2.44. The van der Waals surface area contributed by atoms with Crippen LogP contribution in [0.2, 0.25) is 0 Å². The third kappa shape index (κ3) is 6.89.